The normalized spacial score (nSPS) is 12.5. The molecule has 0 aromatic heterocycles. The van der Waals surface area contributed by atoms with Gasteiger partial charge < -0.3 is 13.3 Å². The van der Waals surface area contributed by atoms with Crippen molar-refractivity contribution in [3.63, 3.8) is 0 Å². The molecule has 4 nitrogen and oxygen atoms in total. The molecule has 0 aliphatic heterocycles. The monoisotopic (exact) mass is 233 g/mol. The maximum Gasteiger partial charge on any atom is 0.652 e. The maximum absolute atomic E-state index is 5.55. The number of unbranched alkanes of at least 4 members (excludes halogenated alkanes) is 1. The van der Waals surface area contributed by atoms with Gasteiger partial charge in [-0.15, -0.1) is 0 Å². The highest BCUT2D eigenvalue weighted by molar-refractivity contribution is 6.59. The molecule has 0 amide bonds. The van der Waals surface area contributed by atoms with E-state index in [-0.39, 0.29) is 0 Å². The summed E-state index contributed by atoms with van der Waals surface area (Å²) in [5, 5.41) is 0. The zero-order valence-electron chi connectivity index (χ0n) is 10.3. The van der Waals surface area contributed by atoms with Crippen molar-refractivity contribution in [3.8, 4) is 0 Å². The van der Waals surface area contributed by atoms with Crippen molar-refractivity contribution in [2.75, 3.05) is 19.8 Å². The van der Waals surface area contributed by atoms with Crippen LogP contribution in [0.3, 0.4) is 0 Å². The van der Waals surface area contributed by atoms with Gasteiger partial charge in [0.05, 0.1) is 0 Å². The summed E-state index contributed by atoms with van der Waals surface area (Å²) in [5.41, 5.74) is 0. The summed E-state index contributed by atoms with van der Waals surface area (Å²) >= 11 is 0. The highest BCUT2D eigenvalue weighted by atomic mass is 28.4. The van der Waals surface area contributed by atoms with Crippen LogP contribution in [0.2, 0.25) is 0 Å². The molecule has 0 unspecified atom stereocenters. The van der Waals surface area contributed by atoms with E-state index in [0.29, 0.717) is 19.8 Å². The largest absolute Gasteiger partial charge is 0.652 e. The van der Waals surface area contributed by atoms with Gasteiger partial charge in [-0.2, -0.15) is 0 Å². The van der Waals surface area contributed by atoms with Gasteiger partial charge in [0.15, 0.2) is 0 Å². The third kappa shape index (κ3) is 6.04. The van der Waals surface area contributed by atoms with E-state index in [4.69, 9.17) is 13.3 Å². The summed E-state index contributed by atoms with van der Waals surface area (Å²) < 4.78 is 21.0. The van der Waals surface area contributed by atoms with Crippen LogP contribution < -0.4 is 0 Å². The van der Waals surface area contributed by atoms with Crippen molar-refractivity contribution < 1.29 is 13.3 Å². The number of rotatable bonds is 9. The molecule has 0 aromatic rings. The molecule has 0 rings (SSSR count). The highest BCUT2D eigenvalue weighted by Gasteiger charge is 2.41. The van der Waals surface area contributed by atoms with Crippen LogP contribution in [-0.4, -0.2) is 35.0 Å². The molecule has 0 saturated carbocycles. The average molecular weight is 233 g/mol. The van der Waals surface area contributed by atoms with Gasteiger partial charge in [-0.05, 0) is 33.4 Å². The zero-order valence-corrected chi connectivity index (χ0v) is 11.3. The van der Waals surface area contributed by atoms with E-state index >= 15 is 0 Å². The van der Waals surface area contributed by atoms with Crippen LogP contribution in [0.1, 0.15) is 40.5 Å². The number of hydrogen-bond acceptors (Lipinski definition) is 4. The molecule has 0 aliphatic carbocycles. The van der Waals surface area contributed by atoms with Crippen LogP contribution >= 0.6 is 0 Å². The van der Waals surface area contributed by atoms with Gasteiger partial charge in [0.2, 0.25) is 0 Å². The summed E-state index contributed by atoms with van der Waals surface area (Å²) in [6.45, 7) is 9.58. The van der Waals surface area contributed by atoms with Crippen LogP contribution in [0.25, 0.3) is 0 Å². The van der Waals surface area contributed by atoms with Gasteiger partial charge in [-0.3, -0.25) is 4.66 Å². The van der Waals surface area contributed by atoms with E-state index in [1.807, 2.05) is 27.0 Å². The Morgan fingerprint density at radius 3 is 1.73 bits per heavy atom. The number of nitrogens with zero attached hydrogens (tertiary/aromatic N) is 1. The molecule has 90 valence electrons. The lowest BCUT2D eigenvalue weighted by Crippen LogP contribution is -2.44. The van der Waals surface area contributed by atoms with Gasteiger partial charge in [0.1, 0.15) is 0 Å². The average Bonchev–Trinajstić information content (AvgIpc) is 2.19. The van der Waals surface area contributed by atoms with Crippen molar-refractivity contribution in [3.05, 3.63) is 0 Å². The molecule has 0 heterocycles. The molecule has 0 N–H and O–H groups in total. The van der Waals surface area contributed by atoms with Crippen LogP contribution in [0.4, 0.5) is 0 Å². The topological polar surface area (TPSA) is 40.0 Å². The van der Waals surface area contributed by atoms with Gasteiger partial charge in [-0.25, -0.2) is 0 Å². The minimum Gasteiger partial charge on any atom is -0.356 e. The molecule has 0 aliphatic rings. The fraction of sp³-hybridized carbons (Fsp3) is 0.900. The quantitative estimate of drug-likeness (QED) is 0.453. The first-order valence-electron chi connectivity index (χ1n) is 5.70. The molecular formula is C10H23NO3Si. The van der Waals surface area contributed by atoms with E-state index < -0.39 is 8.97 Å². The molecular weight excluding hydrogens is 210 g/mol. The summed E-state index contributed by atoms with van der Waals surface area (Å²) in [5.74, 6) is 0. The summed E-state index contributed by atoms with van der Waals surface area (Å²) in [6, 6.07) is 0. The molecule has 0 saturated heterocycles. The van der Waals surface area contributed by atoms with Gasteiger partial charge in [-0.1, -0.05) is 13.3 Å². The second-order valence-corrected chi connectivity index (χ2v) is 5.10. The van der Waals surface area contributed by atoms with Crippen LogP contribution in [0, 0.1) is 0 Å². The Morgan fingerprint density at radius 2 is 1.40 bits per heavy atom. The summed E-state index contributed by atoms with van der Waals surface area (Å²) in [4.78, 5) is 0. The van der Waals surface area contributed by atoms with E-state index in [0.717, 1.165) is 12.8 Å². The molecule has 15 heavy (non-hydrogen) atoms. The van der Waals surface area contributed by atoms with Crippen molar-refractivity contribution in [1.29, 1.82) is 0 Å². The third-order valence-corrected chi connectivity index (χ3v) is 4.11. The summed E-state index contributed by atoms with van der Waals surface area (Å²) in [6.07, 6.45) is 3.85. The van der Waals surface area contributed by atoms with Crippen molar-refractivity contribution >= 4 is 15.2 Å². The Hall–Kier alpha value is -0.233. The fourth-order valence-corrected chi connectivity index (χ4v) is 3.01. The van der Waals surface area contributed by atoms with Crippen LogP contribution in [0.5, 0.6) is 0 Å². The Kier molecular flexibility index (Phi) is 8.89. The molecule has 0 aromatic carbocycles. The first-order valence-corrected chi connectivity index (χ1v) is 7.37. The zero-order chi connectivity index (χ0) is 11.6. The molecule has 0 atom stereocenters. The second-order valence-electron chi connectivity index (χ2n) is 2.92. The second kappa shape index (κ2) is 9.03. The minimum absolute atomic E-state index is 0.565. The van der Waals surface area contributed by atoms with E-state index in [2.05, 4.69) is 11.6 Å². The standard InChI is InChI=1S/C10H23NO3Si/c1-5-9-10-11-15(12-6-2,13-7-3)14-8-4/h10H,5-9H2,1-4H3. The number of hydrogen-bond donors (Lipinski definition) is 0. The highest BCUT2D eigenvalue weighted by Crippen LogP contribution is 2.11. The predicted molar refractivity (Wildman–Crippen MR) is 64.0 cm³/mol. The Labute approximate surface area is 94.1 Å². The van der Waals surface area contributed by atoms with Crippen LogP contribution in [0.15, 0.2) is 4.66 Å². The molecule has 0 bridgehead atoms. The summed E-state index contributed by atoms with van der Waals surface area (Å²) in [7, 11) is -2.76. The Morgan fingerprint density at radius 1 is 0.933 bits per heavy atom. The maximum atomic E-state index is 5.55. The van der Waals surface area contributed by atoms with E-state index in [1.165, 1.54) is 0 Å². The van der Waals surface area contributed by atoms with Crippen molar-refractivity contribution in [1.82, 2.24) is 0 Å². The lowest BCUT2D eigenvalue weighted by molar-refractivity contribution is 0.0732. The predicted octanol–water partition coefficient (Wildman–Crippen LogP) is 2.40. The van der Waals surface area contributed by atoms with Crippen LogP contribution in [-0.2, 0) is 13.3 Å². The minimum atomic E-state index is -2.76. The first-order chi connectivity index (χ1) is 7.24. The van der Waals surface area contributed by atoms with E-state index in [9.17, 15) is 0 Å². The Balaban J connectivity index is 4.44. The van der Waals surface area contributed by atoms with Crippen molar-refractivity contribution in [2.24, 2.45) is 4.66 Å². The van der Waals surface area contributed by atoms with Gasteiger partial charge in [0, 0.05) is 19.8 Å². The van der Waals surface area contributed by atoms with E-state index in [1.54, 1.807) is 0 Å². The molecule has 5 heteroatoms. The first kappa shape index (κ1) is 14.8. The SMILES string of the molecule is CCCC=N[Si](OCC)(OCC)OCC. The lowest BCUT2D eigenvalue weighted by Gasteiger charge is -2.23. The Bertz CT molecular complexity index is 159. The van der Waals surface area contributed by atoms with Gasteiger partial charge in [0.25, 0.3) is 0 Å². The fourth-order valence-electron chi connectivity index (χ4n) is 1.09. The smallest absolute Gasteiger partial charge is 0.356 e. The molecule has 0 radical (unpaired) electrons. The molecule has 0 spiro atoms. The third-order valence-electron chi connectivity index (χ3n) is 1.65. The molecule has 0 fully saturated rings. The lowest BCUT2D eigenvalue weighted by atomic mass is 10.4. The van der Waals surface area contributed by atoms with Gasteiger partial charge >= 0.3 is 8.97 Å². The van der Waals surface area contributed by atoms with Crippen molar-refractivity contribution in [2.45, 2.75) is 40.5 Å².